The molecule has 5 heteroatoms. The number of aryl methyl sites for hydroxylation is 2. The third kappa shape index (κ3) is 3.20. The van der Waals surface area contributed by atoms with Gasteiger partial charge in [0.25, 0.3) is 0 Å². The topological polar surface area (TPSA) is 29.9 Å². The Morgan fingerprint density at radius 2 is 1.85 bits per heavy atom. The Labute approximate surface area is 155 Å². The number of fused-ring (bicyclic) bond motifs is 1. The second-order valence-electron chi connectivity index (χ2n) is 6.44. The van der Waals surface area contributed by atoms with Crippen LogP contribution in [0, 0.1) is 19.7 Å². The molecule has 0 atom stereocenters. The third-order valence-electron chi connectivity index (χ3n) is 4.33. The minimum atomic E-state index is -0.333. The van der Waals surface area contributed by atoms with Gasteiger partial charge in [-0.15, -0.1) is 0 Å². The van der Waals surface area contributed by atoms with Crippen molar-refractivity contribution < 1.29 is 13.4 Å². The van der Waals surface area contributed by atoms with Crippen molar-refractivity contribution in [2.75, 3.05) is 0 Å². The summed E-state index contributed by atoms with van der Waals surface area (Å²) in [6.07, 6.45) is 3.87. The monoisotopic (exact) mass is 367 g/mol. The van der Waals surface area contributed by atoms with Gasteiger partial charge in [-0.1, -0.05) is 17.7 Å². The normalized spacial score (nSPS) is 11.2. The van der Waals surface area contributed by atoms with Gasteiger partial charge in [-0.05, 0) is 49.2 Å². The largest absolute Gasteiger partial charge is 0.436 e. The molecule has 0 aliphatic heterocycles. The van der Waals surface area contributed by atoms with E-state index in [4.69, 9.17) is 16.0 Å². The zero-order valence-electron chi connectivity index (χ0n) is 14.5. The van der Waals surface area contributed by atoms with E-state index in [1.54, 1.807) is 6.07 Å². The van der Waals surface area contributed by atoms with Crippen molar-refractivity contribution in [1.29, 1.82) is 0 Å². The average molecular weight is 368 g/mol. The Bertz CT molecular complexity index is 1100. The summed E-state index contributed by atoms with van der Waals surface area (Å²) in [7, 11) is 0. The predicted octanol–water partition coefficient (Wildman–Crippen LogP) is 5.24. The van der Waals surface area contributed by atoms with Gasteiger partial charge >= 0.3 is 0 Å². The number of hydrogen-bond donors (Lipinski definition) is 0. The van der Waals surface area contributed by atoms with E-state index in [0.29, 0.717) is 17.5 Å². The highest BCUT2D eigenvalue weighted by Crippen LogP contribution is 2.27. The Kier molecular flexibility index (Phi) is 4.21. The van der Waals surface area contributed by atoms with Crippen LogP contribution >= 0.6 is 11.6 Å². The SMILES string of the molecule is Cc1cc(C)c2oc(-c3cc[n+](Cc4ccc(F)cc4Cl)cc3)nc2c1. The van der Waals surface area contributed by atoms with Gasteiger partial charge in [-0.25, -0.2) is 13.9 Å². The van der Waals surface area contributed by atoms with Gasteiger partial charge in [0, 0.05) is 23.3 Å². The van der Waals surface area contributed by atoms with E-state index in [1.165, 1.54) is 12.1 Å². The molecule has 0 amide bonds. The molecular weight excluding hydrogens is 351 g/mol. The minimum absolute atomic E-state index is 0.333. The van der Waals surface area contributed by atoms with E-state index in [-0.39, 0.29) is 5.82 Å². The van der Waals surface area contributed by atoms with Gasteiger partial charge in [0.2, 0.25) is 5.89 Å². The van der Waals surface area contributed by atoms with E-state index in [2.05, 4.69) is 11.1 Å². The number of rotatable bonds is 3. The molecule has 0 spiro atoms. The van der Waals surface area contributed by atoms with E-state index in [0.717, 1.165) is 33.4 Å². The first-order valence-corrected chi connectivity index (χ1v) is 8.68. The molecule has 4 aromatic rings. The lowest BCUT2D eigenvalue weighted by molar-refractivity contribution is -0.688. The van der Waals surface area contributed by atoms with Crippen molar-refractivity contribution in [3.05, 3.63) is 82.4 Å². The molecular formula is C21H17ClFN2O+. The van der Waals surface area contributed by atoms with E-state index in [9.17, 15) is 4.39 Å². The maximum atomic E-state index is 13.2. The van der Waals surface area contributed by atoms with Crippen LogP contribution in [0.3, 0.4) is 0 Å². The fourth-order valence-electron chi connectivity index (χ4n) is 3.05. The lowest BCUT2D eigenvalue weighted by Gasteiger charge is -2.01. The molecule has 0 aliphatic carbocycles. The van der Waals surface area contributed by atoms with Crippen LogP contribution in [0.25, 0.3) is 22.6 Å². The summed E-state index contributed by atoms with van der Waals surface area (Å²) in [4.78, 5) is 4.60. The standard InChI is InChI=1S/C21H17ClFN2O/c1-13-9-14(2)20-19(10-13)24-21(26-20)15-5-7-25(8-6-15)12-16-3-4-17(23)11-18(16)22/h3-11H,12H2,1-2H3/q+1. The smallest absolute Gasteiger partial charge is 0.227 e. The van der Waals surface area contributed by atoms with Crippen LogP contribution in [-0.4, -0.2) is 4.98 Å². The summed E-state index contributed by atoms with van der Waals surface area (Å²) >= 11 is 6.10. The number of halogens is 2. The van der Waals surface area contributed by atoms with Gasteiger partial charge in [0.1, 0.15) is 11.3 Å². The molecule has 0 aliphatic rings. The molecule has 26 heavy (non-hydrogen) atoms. The first-order valence-electron chi connectivity index (χ1n) is 8.31. The number of hydrogen-bond acceptors (Lipinski definition) is 2. The molecule has 0 N–H and O–H groups in total. The van der Waals surface area contributed by atoms with Crippen molar-refractivity contribution in [2.24, 2.45) is 0 Å². The van der Waals surface area contributed by atoms with Crippen molar-refractivity contribution in [3.63, 3.8) is 0 Å². The summed E-state index contributed by atoms with van der Waals surface area (Å²) in [6.45, 7) is 4.63. The second kappa shape index (κ2) is 6.54. The van der Waals surface area contributed by atoms with Crippen molar-refractivity contribution >= 4 is 22.7 Å². The third-order valence-corrected chi connectivity index (χ3v) is 4.68. The Balaban J connectivity index is 1.62. The lowest BCUT2D eigenvalue weighted by atomic mass is 10.1. The number of oxazole rings is 1. The van der Waals surface area contributed by atoms with Crippen molar-refractivity contribution in [1.82, 2.24) is 4.98 Å². The molecule has 0 bridgehead atoms. The van der Waals surface area contributed by atoms with E-state index >= 15 is 0 Å². The highest BCUT2D eigenvalue weighted by Gasteiger charge is 2.13. The molecule has 2 aromatic heterocycles. The van der Waals surface area contributed by atoms with Gasteiger partial charge < -0.3 is 4.42 Å². The number of pyridine rings is 1. The van der Waals surface area contributed by atoms with E-state index < -0.39 is 0 Å². The summed E-state index contributed by atoms with van der Waals surface area (Å²) in [5.41, 5.74) is 5.69. The fourth-order valence-corrected chi connectivity index (χ4v) is 3.28. The fraction of sp³-hybridized carbons (Fsp3) is 0.143. The molecule has 0 saturated carbocycles. The quantitative estimate of drug-likeness (QED) is 0.463. The summed E-state index contributed by atoms with van der Waals surface area (Å²) in [6, 6.07) is 12.4. The molecule has 0 unspecified atom stereocenters. The highest BCUT2D eigenvalue weighted by molar-refractivity contribution is 6.31. The van der Waals surface area contributed by atoms with Crippen LogP contribution in [-0.2, 0) is 6.54 Å². The molecule has 0 fully saturated rings. The number of benzene rings is 2. The zero-order chi connectivity index (χ0) is 18.3. The maximum Gasteiger partial charge on any atom is 0.227 e. The first kappa shape index (κ1) is 16.7. The Hall–Kier alpha value is -2.72. The average Bonchev–Trinajstić information content (AvgIpc) is 3.02. The molecule has 130 valence electrons. The first-order chi connectivity index (χ1) is 12.5. The molecule has 2 aromatic carbocycles. The zero-order valence-corrected chi connectivity index (χ0v) is 15.2. The van der Waals surface area contributed by atoms with Gasteiger partial charge in [0.05, 0.1) is 5.02 Å². The maximum absolute atomic E-state index is 13.2. The number of nitrogens with zero attached hydrogens (tertiary/aromatic N) is 2. The van der Waals surface area contributed by atoms with Crippen LogP contribution in [0.4, 0.5) is 4.39 Å². The van der Waals surface area contributed by atoms with Crippen molar-refractivity contribution in [3.8, 4) is 11.5 Å². The molecule has 3 nitrogen and oxygen atoms in total. The molecule has 2 heterocycles. The lowest BCUT2D eigenvalue weighted by Crippen LogP contribution is -2.33. The number of aromatic nitrogens is 2. The van der Waals surface area contributed by atoms with Gasteiger partial charge in [-0.3, -0.25) is 0 Å². The molecule has 0 radical (unpaired) electrons. The van der Waals surface area contributed by atoms with Gasteiger partial charge in [0.15, 0.2) is 24.5 Å². The van der Waals surface area contributed by atoms with Crippen LogP contribution in [0.2, 0.25) is 5.02 Å². The molecule has 0 saturated heterocycles. The summed E-state index contributed by atoms with van der Waals surface area (Å²) in [5, 5.41) is 0.423. The Morgan fingerprint density at radius 1 is 1.08 bits per heavy atom. The van der Waals surface area contributed by atoms with E-state index in [1.807, 2.05) is 49.0 Å². The second-order valence-corrected chi connectivity index (χ2v) is 6.85. The van der Waals surface area contributed by atoms with Crippen LogP contribution < -0.4 is 4.57 Å². The summed E-state index contributed by atoms with van der Waals surface area (Å²) < 4.78 is 21.1. The van der Waals surface area contributed by atoms with Crippen LogP contribution in [0.1, 0.15) is 16.7 Å². The summed E-state index contributed by atoms with van der Waals surface area (Å²) in [5.74, 6) is 0.265. The highest BCUT2D eigenvalue weighted by atomic mass is 35.5. The van der Waals surface area contributed by atoms with Crippen LogP contribution in [0.5, 0.6) is 0 Å². The Morgan fingerprint density at radius 3 is 2.58 bits per heavy atom. The molecule has 4 rings (SSSR count). The minimum Gasteiger partial charge on any atom is -0.436 e. The predicted molar refractivity (Wildman–Crippen MR) is 99.6 cm³/mol. The van der Waals surface area contributed by atoms with Crippen molar-refractivity contribution in [2.45, 2.75) is 20.4 Å². The van der Waals surface area contributed by atoms with Gasteiger partial charge in [-0.2, -0.15) is 0 Å². The van der Waals surface area contributed by atoms with Crippen LogP contribution in [0.15, 0.2) is 59.3 Å².